The topological polar surface area (TPSA) is 101 Å². The van der Waals surface area contributed by atoms with Crippen molar-refractivity contribution < 1.29 is 0 Å². The average molecular weight is 1160 g/mol. The summed E-state index contributed by atoms with van der Waals surface area (Å²) in [7, 11) is 0. The lowest BCUT2D eigenvalue weighted by atomic mass is 9.84. The molecule has 12 rings (SSSR count). The third kappa shape index (κ3) is 13.4. The first-order valence-corrected chi connectivity index (χ1v) is 31.9. The van der Waals surface area contributed by atoms with E-state index < -0.39 is 6.89 Å². The minimum Gasteiger partial charge on any atom is -0.399 e. The van der Waals surface area contributed by atoms with Gasteiger partial charge in [-0.15, -0.1) is 0 Å². The molecule has 7 aromatic carbocycles. The van der Waals surface area contributed by atoms with Gasteiger partial charge < -0.3 is 21.3 Å². The summed E-state index contributed by atoms with van der Waals surface area (Å²) < 4.78 is 0. The summed E-state index contributed by atoms with van der Waals surface area (Å²) in [5, 5.41) is 28.9. The summed E-state index contributed by atoms with van der Waals surface area (Å²) in [6.07, 6.45) is 50.6. The molecule has 0 saturated heterocycles. The number of fused-ring (bicyclic) bond motifs is 2. The predicted molar refractivity (Wildman–Crippen MR) is 378 cm³/mol. The van der Waals surface area contributed by atoms with Crippen LogP contribution < -0.4 is 37.2 Å². The van der Waals surface area contributed by atoms with E-state index >= 15 is 0 Å². The number of nitrogens with one attached hydrogen (secondary N) is 2. The second-order valence-corrected chi connectivity index (χ2v) is 25.6. The van der Waals surface area contributed by atoms with Gasteiger partial charge in [-0.25, -0.2) is 0 Å². The van der Waals surface area contributed by atoms with Gasteiger partial charge in [0.2, 0.25) is 0 Å². The lowest BCUT2D eigenvalue weighted by Crippen LogP contribution is -2.25. The van der Waals surface area contributed by atoms with E-state index in [-0.39, 0.29) is 5.92 Å². The van der Waals surface area contributed by atoms with E-state index in [1.807, 2.05) is 48.7 Å². The summed E-state index contributed by atoms with van der Waals surface area (Å²) in [4.78, 5) is 2.32. The molecule has 0 aromatic heterocycles. The Labute approximate surface area is 520 Å². The maximum absolute atomic E-state index is 9.32. The number of anilines is 4. The SMILES string of the molecule is C=C/C=C(C#N)\C=C/CN/C=C(/C)c1ccccc1/C=C\CC1=CC2C=C3C=CC=CC2C3=C1.C=P(c1ccccc1)(c1ccc(N)cc1)c1ccc(N/C=C2/C=CC=Cc3ccc(-c4ccc5c(c4)C(C)C=CCN5c4ccc(C#N)cc4)cc32)cc1. The maximum atomic E-state index is 9.32. The first kappa shape index (κ1) is 59.1. The molecule has 4 N–H and O–H groups in total. The number of hydrogen-bond acceptors (Lipinski definition) is 6. The zero-order valence-electron chi connectivity index (χ0n) is 49.8. The molecule has 0 amide bonds. The second-order valence-electron chi connectivity index (χ2n) is 22.4. The first-order chi connectivity index (χ1) is 43.1. The Morgan fingerprint density at radius 3 is 2.27 bits per heavy atom. The number of nitrogens with zero attached hydrogens (tertiary/aromatic N) is 3. The number of nitrogens with two attached hydrogens (primary N) is 1. The summed E-state index contributed by atoms with van der Waals surface area (Å²) in [5.74, 6) is 1.27. The Bertz CT molecular complexity index is 4320. The van der Waals surface area contributed by atoms with Gasteiger partial charge in [0, 0.05) is 66.0 Å². The van der Waals surface area contributed by atoms with Crippen LogP contribution in [0.25, 0.3) is 34.4 Å². The standard InChI is InChI=1S/C49H41N4P.C32H30N2/c1-35-9-8-30-53(43-23-14-36(33-50)15-24-43)49-29-18-39(31-47(35)49)38-17-16-37-10-6-7-11-40(48(37)32-38)34-52-42-21-27-46(28-22-42)54(2,44-12-4-3-5-13-44)45-25-19-41(51)20-26-45;1-3-10-25(22-33)12-9-18-34-23-24(2)30-16-6-4-13-27(30)15-8-11-26-19-29-21-28-14-5-7-17-31(29)32(28)20-26/h3-29,31-32,34-35,52H,2,30,51H2,1H3;3-10,12-17,19-21,23,29,31,34H,1,11,18H2,2H3/b40-34-;12-9-,15-8-,24-23-,25-10+. The maximum Gasteiger partial charge on any atom is 0.0991 e. The predicted octanol–water partition coefficient (Wildman–Crippen LogP) is 17.8. The molecule has 430 valence electrons. The van der Waals surface area contributed by atoms with Crippen molar-refractivity contribution >= 4 is 75.1 Å². The fraction of sp³-hybridized carbons (Fsp3) is 0.0988. The molecule has 4 aliphatic carbocycles. The third-order valence-electron chi connectivity index (χ3n) is 16.7. The van der Waals surface area contributed by atoms with Gasteiger partial charge in [0.1, 0.15) is 0 Å². The molecule has 7 heteroatoms. The number of hydrogen-bond donors (Lipinski definition) is 3. The lowest BCUT2D eigenvalue weighted by Gasteiger charge is -2.27. The van der Waals surface area contributed by atoms with Gasteiger partial charge in [0.25, 0.3) is 0 Å². The van der Waals surface area contributed by atoms with Gasteiger partial charge in [0.05, 0.1) is 23.3 Å². The van der Waals surface area contributed by atoms with Crippen molar-refractivity contribution in [3.8, 4) is 23.3 Å². The zero-order valence-corrected chi connectivity index (χ0v) is 50.7. The van der Waals surface area contributed by atoms with Crippen LogP contribution in [0.4, 0.5) is 22.7 Å². The molecule has 5 aliphatic rings. The van der Waals surface area contributed by atoms with Crippen molar-refractivity contribution in [2.24, 2.45) is 11.8 Å². The molecule has 1 aliphatic heterocycles. The van der Waals surface area contributed by atoms with Crippen LogP contribution in [0.2, 0.25) is 0 Å². The van der Waals surface area contributed by atoms with Crippen LogP contribution in [0.1, 0.15) is 59.6 Å². The van der Waals surface area contributed by atoms with E-state index in [1.54, 1.807) is 18.2 Å². The van der Waals surface area contributed by atoms with Crippen LogP contribution in [0.15, 0.2) is 308 Å². The monoisotopic (exact) mass is 1160 g/mol. The van der Waals surface area contributed by atoms with E-state index in [4.69, 9.17) is 17.3 Å². The fourth-order valence-corrected chi connectivity index (χ4v) is 14.9. The minimum atomic E-state index is -2.12. The smallest absolute Gasteiger partial charge is 0.0991 e. The van der Waals surface area contributed by atoms with E-state index in [0.717, 1.165) is 35.6 Å². The highest BCUT2D eigenvalue weighted by atomic mass is 31.2. The Balaban J connectivity index is 0.000000202. The molecular weight excluding hydrogens is 1090 g/mol. The Hall–Kier alpha value is -10.6. The Morgan fingerprint density at radius 1 is 0.761 bits per heavy atom. The first-order valence-electron chi connectivity index (χ1n) is 30.0. The van der Waals surface area contributed by atoms with Crippen molar-refractivity contribution in [2.45, 2.75) is 26.2 Å². The highest BCUT2D eigenvalue weighted by Crippen LogP contribution is 2.46. The Kier molecular flexibility index (Phi) is 18.5. The highest BCUT2D eigenvalue weighted by Gasteiger charge is 2.32. The molecule has 4 atom stereocenters. The molecule has 0 saturated carbocycles. The van der Waals surface area contributed by atoms with E-state index in [2.05, 4.69) is 273 Å². The van der Waals surface area contributed by atoms with E-state index in [0.29, 0.717) is 29.5 Å². The molecule has 4 bridgehead atoms. The summed E-state index contributed by atoms with van der Waals surface area (Å²) in [5.41, 5.74) is 26.2. The van der Waals surface area contributed by atoms with Crippen molar-refractivity contribution in [1.82, 2.24) is 5.32 Å². The number of nitriles is 2. The molecule has 4 unspecified atom stereocenters. The van der Waals surface area contributed by atoms with Crippen LogP contribution >= 0.6 is 6.89 Å². The summed E-state index contributed by atoms with van der Waals surface area (Å²) >= 11 is 0. The Morgan fingerprint density at radius 2 is 1.49 bits per heavy atom. The molecule has 88 heavy (non-hydrogen) atoms. The summed E-state index contributed by atoms with van der Waals surface area (Å²) in [6.45, 7) is 7.30. The van der Waals surface area contributed by atoms with Crippen LogP contribution in [-0.4, -0.2) is 19.4 Å². The highest BCUT2D eigenvalue weighted by molar-refractivity contribution is 7.93. The number of rotatable bonds is 16. The fourth-order valence-electron chi connectivity index (χ4n) is 12.0. The number of allylic oxidation sites excluding steroid dienone is 21. The van der Waals surface area contributed by atoms with Crippen molar-refractivity contribution in [1.29, 1.82) is 10.5 Å². The molecule has 0 radical (unpaired) electrons. The summed E-state index contributed by atoms with van der Waals surface area (Å²) in [6, 6.07) is 61.7. The van der Waals surface area contributed by atoms with Gasteiger partial charge in [-0.1, -0.05) is 220 Å². The quantitative estimate of drug-likeness (QED) is 0.0223. The lowest BCUT2D eigenvalue weighted by molar-refractivity contribution is 0.666. The van der Waals surface area contributed by atoms with Crippen molar-refractivity contribution in [3.63, 3.8) is 0 Å². The number of benzene rings is 7. The van der Waals surface area contributed by atoms with Gasteiger partial charge in [-0.3, -0.25) is 0 Å². The van der Waals surface area contributed by atoms with E-state index in [1.165, 1.54) is 82.8 Å². The zero-order chi connectivity index (χ0) is 60.8. The molecular formula is C81H71N6P. The average Bonchev–Trinajstić information content (AvgIpc) is 2.48. The largest absolute Gasteiger partial charge is 0.399 e. The van der Waals surface area contributed by atoms with E-state index in [9.17, 15) is 5.26 Å². The van der Waals surface area contributed by atoms with Gasteiger partial charge in [0.15, 0.2) is 0 Å². The van der Waals surface area contributed by atoms with Gasteiger partial charge >= 0.3 is 0 Å². The van der Waals surface area contributed by atoms with Crippen LogP contribution in [0.5, 0.6) is 0 Å². The van der Waals surface area contributed by atoms with Crippen LogP contribution in [-0.2, 0) is 0 Å². The van der Waals surface area contributed by atoms with Crippen molar-refractivity contribution in [2.75, 3.05) is 29.0 Å². The minimum absolute atomic E-state index is 0.260. The second kappa shape index (κ2) is 27.6. The molecule has 1 heterocycles. The van der Waals surface area contributed by atoms with Gasteiger partial charge in [-0.05, 0) is 182 Å². The number of nitrogen functional groups attached to an aromatic ring is 1. The van der Waals surface area contributed by atoms with Gasteiger partial charge in [-0.2, -0.15) is 10.5 Å². The normalized spacial score (nSPS) is 18.3. The van der Waals surface area contributed by atoms with Crippen molar-refractivity contribution in [3.05, 3.63) is 342 Å². The molecule has 6 nitrogen and oxygen atoms in total. The molecule has 0 fully saturated rings. The molecule has 7 aromatic rings. The third-order valence-corrected chi connectivity index (χ3v) is 20.2. The molecule has 0 spiro atoms. The van der Waals surface area contributed by atoms with Crippen LogP contribution in [0, 0.1) is 34.5 Å². The van der Waals surface area contributed by atoms with Crippen LogP contribution in [0.3, 0.4) is 0 Å².